The minimum Gasteiger partial charge on any atom is -0.474 e. The van der Waals surface area contributed by atoms with Gasteiger partial charge in [0.1, 0.15) is 48.9 Å². The third-order valence-corrected chi connectivity index (χ3v) is 15.2. The van der Waals surface area contributed by atoms with Gasteiger partial charge in [0.25, 0.3) is 17.4 Å². The van der Waals surface area contributed by atoms with Gasteiger partial charge in [0, 0.05) is 56.3 Å². The Kier molecular flexibility index (Phi) is 18.6. The average Bonchev–Trinajstić information content (AvgIpc) is 4.25. The van der Waals surface area contributed by atoms with Gasteiger partial charge in [-0.3, -0.25) is 71.8 Å². The number of rotatable bonds is 18. The number of nitrogens with one attached hydrogen (secondary N) is 5. The van der Waals surface area contributed by atoms with Crippen molar-refractivity contribution < 1.29 is 75.4 Å². The van der Waals surface area contributed by atoms with Crippen molar-refractivity contribution in [2.45, 2.75) is 127 Å². The highest BCUT2D eigenvalue weighted by Crippen LogP contribution is 2.44. The van der Waals surface area contributed by atoms with E-state index in [0.29, 0.717) is 44.4 Å². The number of H-pyrrole nitrogens is 1. The molecule has 3 saturated heterocycles. The molecule has 3 aromatic rings. The van der Waals surface area contributed by atoms with Gasteiger partial charge >= 0.3 is 16.5 Å². The predicted octanol–water partition coefficient (Wildman–Crippen LogP) is -0.201. The zero-order chi connectivity index (χ0) is 54.2. The van der Waals surface area contributed by atoms with E-state index < -0.39 is 126 Å². The molecule has 31 heteroatoms. The number of aromatic nitrogens is 6. The summed E-state index contributed by atoms with van der Waals surface area (Å²) >= 11 is 0. The van der Waals surface area contributed by atoms with Crippen LogP contribution in [0.4, 0.5) is 5.95 Å². The third-order valence-electron chi connectivity index (χ3n) is 13.4. The Bertz CT molecular complexity index is 2780. The topological polar surface area (TPSA) is 373 Å². The predicted molar refractivity (Wildman–Crippen MR) is 262 cm³/mol. The average molecular weight is 1100 g/mol. The van der Waals surface area contributed by atoms with Gasteiger partial charge in [0.05, 0.1) is 32.2 Å². The number of hydrogen-bond donors (Lipinski definition) is 6. The van der Waals surface area contributed by atoms with Crippen molar-refractivity contribution in [3.05, 3.63) is 47.4 Å². The molecule has 7 heterocycles. The molecule has 0 radical (unpaired) electrons. The lowest BCUT2D eigenvalue weighted by atomic mass is 10.0. The highest BCUT2D eigenvalue weighted by Gasteiger charge is 2.49. The van der Waals surface area contributed by atoms with Crippen LogP contribution in [0.2, 0.25) is 0 Å². The zero-order valence-electron chi connectivity index (χ0n) is 41.6. The van der Waals surface area contributed by atoms with E-state index in [-0.39, 0.29) is 67.4 Å². The van der Waals surface area contributed by atoms with Gasteiger partial charge in [0.15, 0.2) is 17.4 Å². The number of fused-ring (bicyclic) bond motifs is 4. The van der Waals surface area contributed by atoms with E-state index in [1.165, 1.54) is 47.4 Å². The number of nitrogens with zero attached hydrogens (tertiary/aromatic N) is 7. The molecule has 1 aliphatic carbocycles. The highest BCUT2D eigenvalue weighted by molar-refractivity contribution is 7.33. The smallest absolute Gasteiger partial charge is 0.319 e. The number of aromatic amines is 1. The minimum absolute atomic E-state index is 0.0909. The van der Waals surface area contributed by atoms with Crippen LogP contribution in [0.15, 0.2) is 41.9 Å². The van der Waals surface area contributed by atoms with Crippen LogP contribution in [0.1, 0.15) is 78.4 Å². The van der Waals surface area contributed by atoms with E-state index >= 15 is 0 Å². The second-order valence-corrected chi connectivity index (χ2v) is 21.2. The quantitative estimate of drug-likeness (QED) is 0.0546. The van der Waals surface area contributed by atoms with Gasteiger partial charge < -0.3 is 49.0 Å². The molecular formula is C45H60N12O17P2. The summed E-state index contributed by atoms with van der Waals surface area (Å²) in [6, 6.07) is -1.58. The maximum Gasteiger partial charge on any atom is 0.319 e. The number of amides is 7. The van der Waals surface area contributed by atoms with E-state index in [1.807, 2.05) is 0 Å². The fraction of sp³-hybridized carbons (Fsp3) is 0.600. The molecule has 12 atom stereocenters. The van der Waals surface area contributed by atoms with Crippen LogP contribution in [0, 0.1) is 11.8 Å². The van der Waals surface area contributed by atoms with Crippen LogP contribution < -0.4 is 31.6 Å². The fourth-order valence-electron chi connectivity index (χ4n) is 9.47. The first-order valence-electron chi connectivity index (χ1n) is 24.8. The van der Waals surface area contributed by atoms with E-state index in [1.54, 1.807) is 19.9 Å². The summed E-state index contributed by atoms with van der Waals surface area (Å²) in [5, 5.41) is 21.7. The first-order chi connectivity index (χ1) is 36.4. The largest absolute Gasteiger partial charge is 0.474 e. The molecule has 4 fully saturated rings. The highest BCUT2D eigenvalue weighted by atomic mass is 31.1. The lowest BCUT2D eigenvalue weighted by Gasteiger charge is -2.25. The molecule has 0 spiro atoms. The lowest BCUT2D eigenvalue weighted by Crippen LogP contribution is -2.55. The van der Waals surface area contributed by atoms with E-state index in [4.69, 9.17) is 27.6 Å². The summed E-state index contributed by atoms with van der Waals surface area (Å²) in [7, 11) is -6.58. The number of hydrogen-bond acceptors (Lipinski definition) is 21. The van der Waals surface area contributed by atoms with Crippen LogP contribution in [0.3, 0.4) is 0 Å². The molecule has 1 saturated carbocycles. The maximum absolute atomic E-state index is 13.8. The Balaban J connectivity index is 0.836. The Morgan fingerprint density at radius 3 is 2.45 bits per heavy atom. The normalized spacial score (nSPS) is 27.5. The van der Waals surface area contributed by atoms with Crippen molar-refractivity contribution in [3.63, 3.8) is 0 Å². The summed E-state index contributed by atoms with van der Waals surface area (Å²) in [6.07, 6.45) is 2.68. The zero-order valence-corrected chi connectivity index (χ0v) is 43.6. The van der Waals surface area contributed by atoms with Crippen molar-refractivity contribution in [1.29, 1.82) is 0 Å². The molecule has 3 aromatic heterocycles. The summed E-state index contributed by atoms with van der Waals surface area (Å²) < 4.78 is 62.6. The van der Waals surface area contributed by atoms with Crippen molar-refractivity contribution in [2.24, 2.45) is 11.8 Å². The first-order valence-corrected chi connectivity index (χ1v) is 27.3. The van der Waals surface area contributed by atoms with Crippen molar-refractivity contribution in [2.75, 3.05) is 38.2 Å². The first kappa shape index (κ1) is 55.9. The Labute approximate surface area is 434 Å². The van der Waals surface area contributed by atoms with Crippen LogP contribution in [-0.2, 0) is 65.5 Å². The Morgan fingerprint density at radius 1 is 0.934 bits per heavy atom. The number of aliphatic hydroxyl groups excluding tert-OH is 1. The molecule has 7 amide bonds. The van der Waals surface area contributed by atoms with E-state index in [9.17, 15) is 52.6 Å². The standard InChI is InChI=1S/C45H60N12O17P2/c1-23(2)35(51-30(58)9-5-4-6-14-56-32(59)10-11-33(56)60)42(65)50-24(3)40(63)47-18-34(61)55-15-7-8-27(55)41(64)53-45-52-39-36(43(66)54-45)49-22-57(39)44-38-37(62)29(72-44)20-70-75(67)73-28-17-26(71-31-12-13-46-21-48-31)16-25(28)19-69-76(68)74-38/h10-13,21-29,35,37-38,44,62,75-76H,4-9,14-20H2,1-3H3,(H,47,63)(H,50,65)(H,51,58)(H2,52,53,54,64,66)/t24-,25+,26+,27+,28-,29+,35-,37+,38+,44+/m0/s1. The van der Waals surface area contributed by atoms with Gasteiger partial charge in [0.2, 0.25) is 41.4 Å². The molecule has 0 aromatic carbocycles. The molecular weight excluding hydrogens is 1040 g/mol. The van der Waals surface area contributed by atoms with Gasteiger partial charge in [-0.2, -0.15) is 4.98 Å². The van der Waals surface area contributed by atoms with E-state index in [2.05, 4.69) is 46.2 Å². The molecule has 4 aliphatic heterocycles. The number of likely N-dealkylation sites (tertiary alicyclic amines) is 1. The van der Waals surface area contributed by atoms with Crippen molar-refractivity contribution >= 4 is 75.0 Å². The number of carbonyl (C=O) groups is 7. The van der Waals surface area contributed by atoms with Gasteiger partial charge in [-0.05, 0) is 44.9 Å². The number of ether oxygens (including phenoxy) is 2. The number of imidazole rings is 1. The minimum atomic E-state index is -3.38. The van der Waals surface area contributed by atoms with Crippen LogP contribution in [-0.4, -0.2) is 167 Å². The molecule has 6 N–H and O–H groups in total. The van der Waals surface area contributed by atoms with Gasteiger partial charge in [-0.1, -0.05) is 20.3 Å². The molecule has 412 valence electrons. The van der Waals surface area contributed by atoms with Crippen LogP contribution in [0.5, 0.6) is 5.88 Å². The number of unbranched alkanes of at least 4 members (excludes halogenated alkanes) is 2. The van der Waals surface area contributed by atoms with Crippen LogP contribution >= 0.6 is 16.5 Å². The summed E-state index contributed by atoms with van der Waals surface area (Å²) in [6.45, 7) is 4.10. The van der Waals surface area contributed by atoms with Crippen LogP contribution in [0.25, 0.3) is 11.2 Å². The fourth-order valence-corrected chi connectivity index (χ4v) is 11.3. The molecule has 2 bridgehead atoms. The number of anilines is 1. The summed E-state index contributed by atoms with van der Waals surface area (Å²) in [4.78, 5) is 124. The molecule has 8 rings (SSSR count). The van der Waals surface area contributed by atoms with Crippen molar-refractivity contribution in [1.82, 2.24) is 55.2 Å². The van der Waals surface area contributed by atoms with Gasteiger partial charge in [-0.15, -0.1) is 0 Å². The maximum atomic E-state index is 13.8. The van der Waals surface area contributed by atoms with Gasteiger partial charge in [-0.25, -0.2) is 15.0 Å². The Hall–Kier alpha value is -6.32. The number of imide groups is 1. The SMILES string of the molecule is CC(C)[C@H](NC(=O)CCCCCN1C(=O)C=CC1=O)C(=O)N[C@@H](C)C(=O)NCC(=O)N1CCC[C@@H]1C(=O)Nc1nc2c(ncn2[C@@H]2O[C@@H]3CO[PH](=O)O[C@H]4C[C@H](Oc5ccncn5)C[C@@H]4CO[PH](=O)O[C@@H]2[C@@H]3O)c(=O)[nH]1. The molecule has 2 unspecified atom stereocenters. The van der Waals surface area contributed by atoms with Crippen molar-refractivity contribution in [3.8, 4) is 5.88 Å². The second-order valence-electron chi connectivity index (χ2n) is 19.1. The molecule has 5 aliphatic rings. The number of carbonyl (C=O) groups excluding carboxylic acids is 7. The number of aliphatic hydroxyl groups is 1. The van der Waals surface area contributed by atoms with E-state index in [0.717, 1.165) is 4.90 Å². The molecule has 29 nitrogen and oxygen atoms in total. The second kappa shape index (κ2) is 25.2. The summed E-state index contributed by atoms with van der Waals surface area (Å²) in [5.41, 5.74) is -1.16. The molecule has 76 heavy (non-hydrogen) atoms. The monoisotopic (exact) mass is 1100 g/mol. The summed E-state index contributed by atoms with van der Waals surface area (Å²) in [5.74, 6) is -4.64. The Morgan fingerprint density at radius 2 is 1.70 bits per heavy atom. The lowest BCUT2D eigenvalue weighted by molar-refractivity contribution is -0.137. The third kappa shape index (κ3) is 13.6.